The van der Waals surface area contributed by atoms with Crippen molar-refractivity contribution in [2.45, 2.75) is 54.4 Å². The first-order valence-electron chi connectivity index (χ1n) is 10.6. The van der Waals surface area contributed by atoms with Crippen LogP contribution in [0, 0.1) is 26.2 Å². The van der Waals surface area contributed by atoms with Gasteiger partial charge >= 0.3 is 0 Å². The van der Waals surface area contributed by atoms with Crippen molar-refractivity contribution in [3.8, 4) is 11.3 Å². The molecule has 0 saturated carbocycles. The van der Waals surface area contributed by atoms with Gasteiger partial charge in [0, 0.05) is 23.8 Å². The summed E-state index contributed by atoms with van der Waals surface area (Å²) in [4.78, 5) is 14.2. The molecule has 0 atom stereocenters. The number of aryl methyl sites for hydroxylation is 3. The molecule has 154 valence electrons. The van der Waals surface area contributed by atoms with E-state index in [1.54, 1.807) is 0 Å². The van der Waals surface area contributed by atoms with Crippen LogP contribution in [0.25, 0.3) is 16.8 Å². The van der Waals surface area contributed by atoms with Gasteiger partial charge in [0.1, 0.15) is 5.69 Å². The van der Waals surface area contributed by atoms with Crippen LogP contribution in [0.2, 0.25) is 0 Å². The molecule has 4 rings (SSSR count). The average Bonchev–Trinajstić information content (AvgIpc) is 3.08. The molecule has 0 saturated heterocycles. The lowest BCUT2D eigenvalue weighted by Crippen LogP contribution is -2.33. The molecule has 1 aromatic carbocycles. The zero-order valence-electron chi connectivity index (χ0n) is 19.2. The number of rotatable bonds is 3. The van der Waals surface area contributed by atoms with Gasteiger partial charge in [0.05, 0.1) is 30.2 Å². The molecule has 4 nitrogen and oxygen atoms in total. The molecule has 3 aromatic rings. The third kappa shape index (κ3) is 3.79. The summed E-state index contributed by atoms with van der Waals surface area (Å²) in [6, 6.07) is 4.54. The number of nitrogens with zero attached hydrogens (tertiary/aromatic N) is 4. The first-order chi connectivity index (χ1) is 14.1. The Balaban J connectivity index is 1.76. The largest absolute Gasteiger partial charge is 0.287 e. The third-order valence-electron chi connectivity index (χ3n) is 5.81. The molecule has 1 aliphatic rings. The SMILES string of the molecule is Cc1cc(C)c(C)c(-c2c3c(nc[n+]2C)C(c2cnc(CC(C)(C)C)cn2)=CC3)c1. The minimum atomic E-state index is 0.199. The number of allylic oxidation sites excluding steroid dienone is 1. The van der Waals surface area contributed by atoms with Gasteiger partial charge in [0.2, 0.25) is 0 Å². The second-order valence-electron chi connectivity index (χ2n) is 9.74. The van der Waals surface area contributed by atoms with Crippen LogP contribution in [0.3, 0.4) is 0 Å². The van der Waals surface area contributed by atoms with Crippen molar-refractivity contribution >= 4 is 5.57 Å². The Morgan fingerprint density at radius 2 is 1.77 bits per heavy atom. The van der Waals surface area contributed by atoms with Crippen molar-refractivity contribution in [1.82, 2.24) is 15.0 Å². The summed E-state index contributed by atoms with van der Waals surface area (Å²) in [7, 11) is 2.08. The summed E-state index contributed by atoms with van der Waals surface area (Å²) in [6.07, 6.45) is 9.76. The quantitative estimate of drug-likeness (QED) is 0.591. The highest BCUT2D eigenvalue weighted by Crippen LogP contribution is 2.36. The maximum atomic E-state index is 4.79. The average molecular weight is 400 g/mol. The van der Waals surface area contributed by atoms with Crippen LogP contribution in [-0.2, 0) is 19.9 Å². The summed E-state index contributed by atoms with van der Waals surface area (Å²) in [5.74, 6) is 0. The van der Waals surface area contributed by atoms with Crippen LogP contribution in [-0.4, -0.2) is 15.0 Å². The van der Waals surface area contributed by atoms with E-state index < -0.39 is 0 Å². The number of hydrogen-bond donors (Lipinski definition) is 0. The lowest BCUT2D eigenvalue weighted by molar-refractivity contribution is -0.663. The normalized spacial score (nSPS) is 13.4. The van der Waals surface area contributed by atoms with E-state index in [1.165, 1.54) is 33.5 Å². The second-order valence-corrected chi connectivity index (χ2v) is 9.74. The van der Waals surface area contributed by atoms with Gasteiger partial charge in [-0.15, -0.1) is 0 Å². The van der Waals surface area contributed by atoms with Crippen LogP contribution < -0.4 is 4.57 Å². The fourth-order valence-electron chi connectivity index (χ4n) is 4.32. The third-order valence-corrected chi connectivity index (χ3v) is 5.81. The van der Waals surface area contributed by atoms with Crippen molar-refractivity contribution in [3.05, 3.63) is 76.3 Å². The van der Waals surface area contributed by atoms with Crippen LogP contribution in [0.5, 0.6) is 0 Å². The fraction of sp³-hybridized carbons (Fsp3) is 0.385. The van der Waals surface area contributed by atoms with Gasteiger partial charge in [-0.05, 0) is 54.8 Å². The Labute approximate surface area is 179 Å². The molecule has 30 heavy (non-hydrogen) atoms. The maximum absolute atomic E-state index is 4.79. The van der Waals surface area contributed by atoms with E-state index in [0.29, 0.717) is 0 Å². The monoisotopic (exact) mass is 399 g/mol. The van der Waals surface area contributed by atoms with E-state index in [0.717, 1.165) is 35.5 Å². The molecule has 0 aliphatic heterocycles. The maximum Gasteiger partial charge on any atom is 0.287 e. The van der Waals surface area contributed by atoms with Crippen LogP contribution in [0.15, 0.2) is 36.9 Å². The molecular formula is C26H31N4+. The standard InChI is InChI=1S/C26H31N4/c1-16-10-17(2)18(3)22(11-16)25-21-9-8-20(24(21)29-15-30(25)7)23-14-27-19(13-28-23)12-26(4,5)6/h8,10-11,13-15H,9,12H2,1-7H3/q+1. The Kier molecular flexibility index (Phi) is 5.05. The summed E-state index contributed by atoms with van der Waals surface area (Å²) in [5.41, 5.74) is 12.0. The summed E-state index contributed by atoms with van der Waals surface area (Å²) in [6.45, 7) is 13.2. The van der Waals surface area contributed by atoms with Crippen molar-refractivity contribution in [1.29, 1.82) is 0 Å². The van der Waals surface area contributed by atoms with Crippen molar-refractivity contribution < 1.29 is 4.57 Å². The molecule has 0 radical (unpaired) electrons. The van der Waals surface area contributed by atoms with E-state index in [1.807, 2.05) is 18.7 Å². The van der Waals surface area contributed by atoms with Crippen LogP contribution in [0.1, 0.15) is 60.1 Å². The molecule has 0 unspecified atom stereocenters. The highest BCUT2D eigenvalue weighted by atomic mass is 15.0. The zero-order valence-corrected chi connectivity index (χ0v) is 19.2. The van der Waals surface area contributed by atoms with Crippen molar-refractivity contribution in [2.75, 3.05) is 0 Å². The molecule has 0 bridgehead atoms. The highest BCUT2D eigenvalue weighted by Gasteiger charge is 2.30. The van der Waals surface area contributed by atoms with Gasteiger partial charge in [-0.3, -0.25) is 9.97 Å². The Hall–Kier alpha value is -2.88. The lowest BCUT2D eigenvalue weighted by Gasteiger charge is -2.17. The van der Waals surface area contributed by atoms with Gasteiger partial charge < -0.3 is 0 Å². The fourth-order valence-corrected chi connectivity index (χ4v) is 4.32. The first-order valence-corrected chi connectivity index (χ1v) is 10.6. The lowest BCUT2D eigenvalue weighted by atomic mass is 9.91. The molecule has 0 N–H and O–H groups in total. The number of aromatic nitrogens is 4. The molecular weight excluding hydrogens is 368 g/mol. The second kappa shape index (κ2) is 7.42. The van der Waals surface area contributed by atoms with Gasteiger partial charge in [-0.2, -0.15) is 0 Å². The first kappa shape index (κ1) is 20.4. The van der Waals surface area contributed by atoms with E-state index in [9.17, 15) is 0 Å². The van der Waals surface area contributed by atoms with E-state index in [-0.39, 0.29) is 5.41 Å². The Morgan fingerprint density at radius 1 is 1.00 bits per heavy atom. The molecule has 1 aliphatic carbocycles. The van der Waals surface area contributed by atoms with E-state index in [4.69, 9.17) is 9.97 Å². The minimum Gasteiger partial charge on any atom is -0.257 e. The highest BCUT2D eigenvalue weighted by molar-refractivity contribution is 5.84. The molecule has 0 amide bonds. The van der Waals surface area contributed by atoms with Gasteiger partial charge in [-0.1, -0.05) is 38.5 Å². The van der Waals surface area contributed by atoms with Crippen LogP contribution >= 0.6 is 0 Å². The summed E-state index contributed by atoms with van der Waals surface area (Å²) < 4.78 is 2.15. The van der Waals surface area contributed by atoms with Gasteiger partial charge in [0.15, 0.2) is 5.69 Å². The van der Waals surface area contributed by atoms with Gasteiger partial charge in [-0.25, -0.2) is 4.57 Å². The Morgan fingerprint density at radius 3 is 2.43 bits per heavy atom. The number of benzene rings is 1. The van der Waals surface area contributed by atoms with E-state index in [2.05, 4.69) is 76.3 Å². The summed E-state index contributed by atoms with van der Waals surface area (Å²) >= 11 is 0. The molecule has 2 heterocycles. The van der Waals surface area contributed by atoms with Crippen molar-refractivity contribution in [3.63, 3.8) is 0 Å². The molecule has 2 aromatic heterocycles. The minimum absolute atomic E-state index is 0.199. The summed E-state index contributed by atoms with van der Waals surface area (Å²) in [5, 5.41) is 0. The molecule has 4 heteroatoms. The topological polar surface area (TPSA) is 42.5 Å². The van der Waals surface area contributed by atoms with Crippen molar-refractivity contribution in [2.24, 2.45) is 12.5 Å². The molecule has 0 spiro atoms. The predicted octanol–water partition coefficient (Wildman–Crippen LogP) is 4.86. The zero-order chi connectivity index (χ0) is 21.6. The van der Waals surface area contributed by atoms with Crippen LogP contribution in [0.4, 0.5) is 0 Å². The predicted molar refractivity (Wildman–Crippen MR) is 121 cm³/mol. The number of fused-ring (bicyclic) bond motifs is 1. The molecule has 0 fully saturated rings. The van der Waals surface area contributed by atoms with E-state index >= 15 is 0 Å². The Bertz CT molecular complexity index is 1150. The smallest absolute Gasteiger partial charge is 0.257 e. The number of hydrogen-bond acceptors (Lipinski definition) is 3. The van der Waals surface area contributed by atoms with Gasteiger partial charge in [0.25, 0.3) is 6.33 Å².